The van der Waals surface area contributed by atoms with Crippen molar-refractivity contribution < 1.29 is 22.7 Å². The van der Waals surface area contributed by atoms with Gasteiger partial charge in [-0.1, -0.05) is 6.92 Å². The number of primary amides is 1. The molecule has 12 heteroatoms. The van der Waals surface area contributed by atoms with Crippen LogP contribution in [0, 0.1) is 22.9 Å². The van der Waals surface area contributed by atoms with Crippen LogP contribution in [0.1, 0.15) is 51.5 Å². The number of fused-ring (bicyclic) bond motifs is 1. The molecule has 2 aromatic heterocycles. The second-order valence-electron chi connectivity index (χ2n) is 9.76. The van der Waals surface area contributed by atoms with Gasteiger partial charge in [-0.3, -0.25) is 9.36 Å². The number of amides is 1. The zero-order valence-electron chi connectivity index (χ0n) is 19.9. The van der Waals surface area contributed by atoms with Gasteiger partial charge in [0, 0.05) is 42.8 Å². The van der Waals surface area contributed by atoms with E-state index in [1.54, 1.807) is 10.8 Å². The summed E-state index contributed by atoms with van der Waals surface area (Å²) in [4.78, 5) is 25.5. The maximum absolute atomic E-state index is 14.5. The molecule has 1 aliphatic carbocycles. The van der Waals surface area contributed by atoms with E-state index in [0.29, 0.717) is 68.1 Å². The van der Waals surface area contributed by atoms with Gasteiger partial charge in [0.05, 0.1) is 6.20 Å². The predicted molar refractivity (Wildman–Crippen MR) is 127 cm³/mol. The molecule has 0 spiro atoms. The Morgan fingerprint density at radius 3 is 2.42 bits per heavy atom. The van der Waals surface area contributed by atoms with Crippen molar-refractivity contribution in [3.63, 3.8) is 0 Å². The second kappa shape index (κ2) is 9.57. The average Bonchev–Trinajstić information content (AvgIpc) is 3.20. The number of halogens is 3. The lowest BCUT2D eigenvalue weighted by molar-refractivity contribution is -0.128. The molecule has 0 unspecified atom stereocenters. The van der Waals surface area contributed by atoms with E-state index in [-0.39, 0.29) is 23.9 Å². The van der Waals surface area contributed by atoms with Crippen molar-refractivity contribution in [2.75, 3.05) is 23.8 Å². The molecule has 1 saturated heterocycles. The second-order valence-corrected chi connectivity index (χ2v) is 9.76. The van der Waals surface area contributed by atoms with Crippen LogP contribution in [0.2, 0.25) is 0 Å². The van der Waals surface area contributed by atoms with Crippen molar-refractivity contribution >= 4 is 34.7 Å². The van der Waals surface area contributed by atoms with Crippen LogP contribution in [0.25, 0.3) is 11.2 Å². The van der Waals surface area contributed by atoms with E-state index in [9.17, 15) is 18.0 Å². The van der Waals surface area contributed by atoms with Crippen LogP contribution < -0.4 is 16.4 Å². The molecule has 1 saturated carbocycles. The van der Waals surface area contributed by atoms with Crippen molar-refractivity contribution in [2.24, 2.45) is 11.1 Å². The van der Waals surface area contributed by atoms with Gasteiger partial charge in [-0.05, 0) is 38.5 Å². The molecule has 0 radical (unpaired) electrons. The lowest BCUT2D eigenvalue weighted by Crippen LogP contribution is -2.38. The summed E-state index contributed by atoms with van der Waals surface area (Å²) in [5.74, 6) is -2.96. The number of ether oxygens (including phenoxy) is 1. The summed E-state index contributed by atoms with van der Waals surface area (Å²) in [5.41, 5.74) is 5.40. The fourth-order valence-corrected chi connectivity index (χ4v) is 4.94. The van der Waals surface area contributed by atoms with Crippen molar-refractivity contribution in [1.29, 1.82) is 0 Å². The highest BCUT2D eigenvalue weighted by Gasteiger charge is 2.38. The fraction of sp³-hybridized carbons (Fsp3) is 0.500. The first-order valence-corrected chi connectivity index (χ1v) is 12.0. The highest BCUT2D eigenvalue weighted by Crippen LogP contribution is 2.43. The molecule has 1 amide bonds. The average molecular weight is 504 g/mol. The molecule has 5 rings (SSSR count). The van der Waals surface area contributed by atoms with E-state index < -0.39 is 28.6 Å². The van der Waals surface area contributed by atoms with Gasteiger partial charge in [-0.2, -0.15) is 4.98 Å². The summed E-state index contributed by atoms with van der Waals surface area (Å²) in [6.45, 7) is 3.15. The largest absolute Gasteiger partial charge is 0.381 e. The minimum absolute atomic E-state index is 0.152. The van der Waals surface area contributed by atoms with Crippen LogP contribution >= 0.6 is 0 Å². The summed E-state index contributed by atoms with van der Waals surface area (Å²) in [7, 11) is 0. The van der Waals surface area contributed by atoms with Gasteiger partial charge < -0.3 is 21.1 Å². The number of hydrogen-bond acceptors (Lipinski definition) is 7. The standard InChI is InChI=1S/C24H28F3N7O2/c1-24(21(28)35)6-2-15(3-7-24)34-20-18(12-29-22(33-20)30-14-4-8-36-9-5-14)31-23(34)32-19-16(26)10-13(25)11-17(19)27/h10-12,14-15H,2-9H2,1H3,(H2,28,35)(H,31,32)(H,29,30,33)/t15-,24+. The molecular formula is C24H28F3N7O2. The smallest absolute Gasteiger partial charge is 0.224 e. The van der Waals surface area contributed by atoms with Crippen LogP contribution in [0.15, 0.2) is 18.3 Å². The first-order valence-electron chi connectivity index (χ1n) is 12.0. The maximum Gasteiger partial charge on any atom is 0.224 e. The van der Waals surface area contributed by atoms with Crippen molar-refractivity contribution in [3.05, 3.63) is 35.8 Å². The van der Waals surface area contributed by atoms with Crippen LogP contribution in [0.5, 0.6) is 0 Å². The number of rotatable bonds is 6. The van der Waals surface area contributed by atoms with E-state index >= 15 is 0 Å². The maximum atomic E-state index is 14.5. The van der Waals surface area contributed by atoms with E-state index in [1.807, 2.05) is 6.92 Å². The molecule has 2 fully saturated rings. The molecule has 2 aliphatic rings. The lowest BCUT2D eigenvalue weighted by atomic mass is 9.73. The Bertz CT molecular complexity index is 1260. The third-order valence-corrected chi connectivity index (χ3v) is 7.25. The predicted octanol–water partition coefficient (Wildman–Crippen LogP) is 4.18. The highest BCUT2D eigenvalue weighted by molar-refractivity contribution is 5.80. The fourth-order valence-electron chi connectivity index (χ4n) is 4.94. The molecule has 0 bridgehead atoms. The third kappa shape index (κ3) is 4.69. The number of hydrogen-bond donors (Lipinski definition) is 3. The Hall–Kier alpha value is -3.41. The molecule has 1 aliphatic heterocycles. The molecule has 3 heterocycles. The topological polar surface area (TPSA) is 120 Å². The Morgan fingerprint density at radius 2 is 1.78 bits per heavy atom. The lowest BCUT2D eigenvalue weighted by Gasteiger charge is -2.35. The van der Waals surface area contributed by atoms with Crippen molar-refractivity contribution in [2.45, 2.75) is 57.5 Å². The number of nitrogens with one attached hydrogen (secondary N) is 2. The van der Waals surface area contributed by atoms with Crippen LogP contribution in [-0.2, 0) is 9.53 Å². The normalized spacial score (nSPS) is 23.1. The van der Waals surface area contributed by atoms with Crippen molar-refractivity contribution in [3.8, 4) is 0 Å². The zero-order valence-corrected chi connectivity index (χ0v) is 19.9. The van der Waals surface area contributed by atoms with Gasteiger partial charge in [0.25, 0.3) is 0 Å². The number of carbonyl (C=O) groups excluding carboxylic acids is 1. The zero-order chi connectivity index (χ0) is 25.4. The minimum Gasteiger partial charge on any atom is -0.381 e. The van der Waals surface area contributed by atoms with Gasteiger partial charge >= 0.3 is 0 Å². The molecule has 192 valence electrons. The molecule has 4 N–H and O–H groups in total. The number of aromatic nitrogens is 4. The number of anilines is 3. The number of imidazole rings is 1. The summed E-state index contributed by atoms with van der Waals surface area (Å²) in [6, 6.07) is 1.21. The highest BCUT2D eigenvalue weighted by atomic mass is 19.1. The molecule has 0 atom stereocenters. The van der Waals surface area contributed by atoms with Gasteiger partial charge in [0.1, 0.15) is 17.0 Å². The number of benzene rings is 1. The number of nitrogens with two attached hydrogens (primary N) is 1. The van der Waals surface area contributed by atoms with E-state index in [1.165, 1.54) is 0 Å². The van der Waals surface area contributed by atoms with Crippen LogP contribution in [-0.4, -0.2) is 44.7 Å². The van der Waals surface area contributed by atoms with Gasteiger partial charge in [-0.15, -0.1) is 0 Å². The van der Waals surface area contributed by atoms with Crippen LogP contribution in [0.3, 0.4) is 0 Å². The quantitative estimate of drug-likeness (QED) is 0.461. The Morgan fingerprint density at radius 1 is 1.11 bits per heavy atom. The summed E-state index contributed by atoms with van der Waals surface area (Å²) >= 11 is 0. The monoisotopic (exact) mass is 503 g/mol. The first-order chi connectivity index (χ1) is 17.2. The summed E-state index contributed by atoms with van der Waals surface area (Å²) in [6.07, 6.45) is 5.46. The summed E-state index contributed by atoms with van der Waals surface area (Å²) < 4.78 is 49.6. The Labute approximate surface area is 205 Å². The first kappa shape index (κ1) is 24.3. The Kier molecular flexibility index (Phi) is 6.45. The van der Waals surface area contributed by atoms with Gasteiger partial charge in [-0.25, -0.2) is 23.1 Å². The number of carbonyl (C=O) groups is 1. The van der Waals surface area contributed by atoms with E-state index in [2.05, 4.69) is 20.6 Å². The Balaban J connectivity index is 1.53. The van der Waals surface area contributed by atoms with Gasteiger partial charge in [0.15, 0.2) is 17.3 Å². The molecule has 3 aromatic rings. The molecule has 1 aromatic carbocycles. The minimum atomic E-state index is -1.08. The molecule has 9 nitrogen and oxygen atoms in total. The van der Waals surface area contributed by atoms with Gasteiger partial charge in [0.2, 0.25) is 17.8 Å². The SMILES string of the molecule is C[C@]1(C(N)=O)CC[C@@H](n2c(Nc3c(F)cc(F)cc3F)nc3cnc(NC4CCOCC4)nc32)CC1. The van der Waals surface area contributed by atoms with E-state index in [4.69, 9.17) is 15.5 Å². The van der Waals surface area contributed by atoms with Crippen molar-refractivity contribution in [1.82, 2.24) is 19.5 Å². The summed E-state index contributed by atoms with van der Waals surface area (Å²) in [5, 5.41) is 6.03. The third-order valence-electron chi connectivity index (χ3n) is 7.25. The molecular weight excluding hydrogens is 475 g/mol. The molecule has 36 heavy (non-hydrogen) atoms. The van der Waals surface area contributed by atoms with Crippen LogP contribution in [0.4, 0.5) is 30.8 Å². The van der Waals surface area contributed by atoms with E-state index in [0.717, 1.165) is 12.8 Å². The number of nitrogens with zero attached hydrogens (tertiary/aromatic N) is 4.